The fourth-order valence-electron chi connectivity index (χ4n) is 0.703. The summed E-state index contributed by atoms with van der Waals surface area (Å²) < 4.78 is 0. The van der Waals surface area contributed by atoms with Crippen molar-refractivity contribution in [1.29, 1.82) is 0 Å². The highest BCUT2D eigenvalue weighted by Gasteiger charge is 2.12. The van der Waals surface area contributed by atoms with E-state index in [1.807, 2.05) is 0 Å². The number of rotatable bonds is 2. The van der Waals surface area contributed by atoms with Crippen LogP contribution in [0, 0.1) is 0 Å². The molecule has 0 saturated heterocycles. The predicted octanol–water partition coefficient (Wildman–Crippen LogP) is 0.588. The van der Waals surface area contributed by atoms with Crippen molar-refractivity contribution in [1.82, 2.24) is 4.98 Å². The number of carbonyl (C=O) groups is 1. The third-order valence-corrected chi connectivity index (χ3v) is 1.31. The normalized spacial score (nSPS) is 11.4. The molecule has 5 heteroatoms. The van der Waals surface area contributed by atoms with Crippen LogP contribution in [0.5, 0.6) is 0 Å². The van der Waals surface area contributed by atoms with Crippen molar-refractivity contribution in [3.8, 4) is 0 Å². The first-order valence-electron chi connectivity index (χ1n) is 3.10. The third kappa shape index (κ3) is 2.48. The summed E-state index contributed by atoms with van der Waals surface area (Å²) in [4.78, 5) is 14.1. The van der Waals surface area contributed by atoms with E-state index in [4.69, 9.17) is 10.8 Å². The number of hydrogen-bond donors (Lipinski definition) is 2. The largest absolute Gasteiger partial charge is 0.480 e. The maximum Gasteiger partial charge on any atom is 0.325 e. The minimum absolute atomic E-state index is 0. The van der Waals surface area contributed by atoms with Gasteiger partial charge in [-0.2, -0.15) is 0 Å². The molecule has 1 aromatic rings. The van der Waals surface area contributed by atoms with E-state index in [1.165, 1.54) is 6.20 Å². The number of nitrogens with zero attached hydrogens (tertiary/aromatic N) is 1. The number of hydrogen-bond acceptors (Lipinski definition) is 3. The van der Waals surface area contributed by atoms with Crippen molar-refractivity contribution >= 4 is 18.4 Å². The molecule has 1 heterocycles. The third-order valence-electron chi connectivity index (χ3n) is 1.31. The molecule has 0 radical (unpaired) electrons. The fraction of sp³-hybridized carbons (Fsp3) is 0.143. The molecule has 0 saturated carbocycles. The fourth-order valence-corrected chi connectivity index (χ4v) is 0.703. The first-order chi connectivity index (χ1) is 5.22. The molecule has 1 aromatic heterocycles. The highest BCUT2D eigenvalue weighted by Crippen LogP contribution is 2.06. The van der Waals surface area contributed by atoms with Crippen LogP contribution in [0.3, 0.4) is 0 Å². The minimum Gasteiger partial charge on any atom is -0.480 e. The minimum atomic E-state index is -1.04. The first-order valence-corrected chi connectivity index (χ1v) is 3.10. The molecule has 0 fully saturated rings. The molecule has 12 heavy (non-hydrogen) atoms. The molecule has 1 unspecified atom stereocenters. The van der Waals surface area contributed by atoms with Gasteiger partial charge in [-0.25, -0.2) is 0 Å². The standard InChI is InChI=1S/C7H8N2O2.ClH/c8-6(7(10)11)5-2-1-3-9-4-5;/h1-4,6H,8H2,(H,10,11);1H. The van der Waals surface area contributed by atoms with Gasteiger partial charge in [-0.05, 0) is 11.6 Å². The predicted molar refractivity (Wildman–Crippen MR) is 46.0 cm³/mol. The summed E-state index contributed by atoms with van der Waals surface area (Å²) in [7, 11) is 0. The lowest BCUT2D eigenvalue weighted by Crippen LogP contribution is -2.20. The van der Waals surface area contributed by atoms with E-state index < -0.39 is 12.0 Å². The number of carboxylic acid groups (broad SMARTS) is 1. The molecule has 0 aliphatic heterocycles. The van der Waals surface area contributed by atoms with E-state index in [2.05, 4.69) is 4.98 Å². The summed E-state index contributed by atoms with van der Waals surface area (Å²) in [5, 5.41) is 8.48. The number of aromatic nitrogens is 1. The molecule has 1 atom stereocenters. The molecule has 4 nitrogen and oxygen atoms in total. The van der Waals surface area contributed by atoms with Crippen molar-refractivity contribution in [2.75, 3.05) is 0 Å². The molecule has 0 spiro atoms. The van der Waals surface area contributed by atoms with E-state index in [0.29, 0.717) is 5.56 Å². The zero-order valence-corrected chi connectivity index (χ0v) is 6.99. The Bertz CT molecular complexity index is 253. The summed E-state index contributed by atoms with van der Waals surface area (Å²) >= 11 is 0. The Morgan fingerprint density at radius 1 is 1.67 bits per heavy atom. The molecular weight excluding hydrogens is 180 g/mol. The van der Waals surface area contributed by atoms with Gasteiger partial charge in [-0.1, -0.05) is 6.07 Å². The second-order valence-corrected chi connectivity index (χ2v) is 2.10. The van der Waals surface area contributed by atoms with Gasteiger partial charge in [0.2, 0.25) is 0 Å². The number of aliphatic carboxylic acids is 1. The van der Waals surface area contributed by atoms with Crippen LogP contribution in [-0.2, 0) is 4.79 Å². The summed E-state index contributed by atoms with van der Waals surface area (Å²) in [6, 6.07) is 2.31. The van der Waals surface area contributed by atoms with Gasteiger partial charge < -0.3 is 10.8 Å². The van der Waals surface area contributed by atoms with Crippen molar-refractivity contribution < 1.29 is 9.90 Å². The quantitative estimate of drug-likeness (QED) is 0.712. The number of pyridine rings is 1. The monoisotopic (exact) mass is 188 g/mol. The van der Waals surface area contributed by atoms with Crippen LogP contribution in [0.15, 0.2) is 24.5 Å². The molecule has 0 bridgehead atoms. The second-order valence-electron chi connectivity index (χ2n) is 2.10. The van der Waals surface area contributed by atoms with Crippen molar-refractivity contribution in [2.45, 2.75) is 6.04 Å². The molecule has 0 amide bonds. The van der Waals surface area contributed by atoms with Crippen LogP contribution in [0.25, 0.3) is 0 Å². The van der Waals surface area contributed by atoms with Gasteiger partial charge in [0.1, 0.15) is 6.04 Å². The highest BCUT2D eigenvalue weighted by atomic mass is 35.5. The highest BCUT2D eigenvalue weighted by molar-refractivity contribution is 5.85. The Balaban J connectivity index is 0.00000121. The van der Waals surface area contributed by atoms with Gasteiger partial charge >= 0.3 is 5.97 Å². The van der Waals surface area contributed by atoms with E-state index in [9.17, 15) is 4.79 Å². The van der Waals surface area contributed by atoms with Crippen LogP contribution in [0.4, 0.5) is 0 Å². The van der Waals surface area contributed by atoms with E-state index >= 15 is 0 Å². The Morgan fingerprint density at radius 2 is 2.33 bits per heavy atom. The zero-order chi connectivity index (χ0) is 8.27. The van der Waals surface area contributed by atoms with Gasteiger partial charge in [-0.3, -0.25) is 9.78 Å². The number of nitrogens with two attached hydrogens (primary N) is 1. The smallest absolute Gasteiger partial charge is 0.325 e. The Morgan fingerprint density at radius 3 is 2.75 bits per heavy atom. The van der Waals surface area contributed by atoms with Crippen LogP contribution in [-0.4, -0.2) is 16.1 Å². The van der Waals surface area contributed by atoms with Crippen LogP contribution in [0.2, 0.25) is 0 Å². The number of carboxylic acids is 1. The van der Waals surface area contributed by atoms with Crippen LogP contribution < -0.4 is 5.73 Å². The summed E-state index contributed by atoms with van der Waals surface area (Å²) in [5.41, 5.74) is 5.81. The molecular formula is C7H9ClN2O2. The average Bonchev–Trinajstić information content (AvgIpc) is 2.05. The zero-order valence-electron chi connectivity index (χ0n) is 6.18. The molecule has 0 aromatic carbocycles. The first kappa shape index (κ1) is 10.9. The molecule has 0 aliphatic rings. The van der Waals surface area contributed by atoms with Gasteiger partial charge in [0, 0.05) is 12.4 Å². The summed E-state index contributed by atoms with van der Waals surface area (Å²) in [6.45, 7) is 0. The van der Waals surface area contributed by atoms with Crippen molar-refractivity contribution in [3.63, 3.8) is 0 Å². The van der Waals surface area contributed by atoms with Crippen LogP contribution >= 0.6 is 12.4 Å². The van der Waals surface area contributed by atoms with Gasteiger partial charge in [0.05, 0.1) is 0 Å². The second kappa shape index (κ2) is 4.69. The Labute approximate surface area is 75.8 Å². The SMILES string of the molecule is Cl.NC(C(=O)O)c1cccnc1. The van der Waals surface area contributed by atoms with E-state index in [-0.39, 0.29) is 12.4 Å². The Kier molecular flexibility index (Phi) is 4.25. The molecule has 66 valence electrons. The summed E-state index contributed by atoms with van der Waals surface area (Å²) in [6.07, 6.45) is 3.01. The molecule has 1 rings (SSSR count). The lowest BCUT2D eigenvalue weighted by molar-refractivity contribution is -0.138. The number of halogens is 1. The van der Waals surface area contributed by atoms with Gasteiger partial charge in [-0.15, -0.1) is 12.4 Å². The van der Waals surface area contributed by atoms with Crippen LogP contribution in [0.1, 0.15) is 11.6 Å². The lowest BCUT2D eigenvalue weighted by atomic mass is 10.1. The maximum absolute atomic E-state index is 10.3. The average molecular weight is 189 g/mol. The topological polar surface area (TPSA) is 76.2 Å². The van der Waals surface area contributed by atoms with E-state index in [1.54, 1.807) is 18.3 Å². The van der Waals surface area contributed by atoms with Gasteiger partial charge in [0.25, 0.3) is 0 Å². The Hall–Kier alpha value is -1.13. The molecule has 0 aliphatic carbocycles. The molecule has 3 N–H and O–H groups in total. The van der Waals surface area contributed by atoms with Crippen molar-refractivity contribution in [2.24, 2.45) is 5.73 Å². The lowest BCUT2D eigenvalue weighted by Gasteiger charge is -2.03. The van der Waals surface area contributed by atoms with E-state index in [0.717, 1.165) is 0 Å². The maximum atomic E-state index is 10.3. The van der Waals surface area contributed by atoms with Gasteiger partial charge in [0.15, 0.2) is 0 Å². The van der Waals surface area contributed by atoms with Crippen molar-refractivity contribution in [3.05, 3.63) is 30.1 Å². The summed E-state index contributed by atoms with van der Waals surface area (Å²) in [5.74, 6) is -1.04.